The monoisotopic (exact) mass is 191 g/mol. The first-order valence-electron chi connectivity index (χ1n) is 4.30. The maximum atomic E-state index is 11.2. The molecule has 74 valence electrons. The van der Waals surface area contributed by atoms with Crippen LogP contribution in [0.4, 0.5) is 5.69 Å². The van der Waals surface area contributed by atoms with Gasteiger partial charge in [0.05, 0.1) is 6.61 Å². The molecule has 0 aliphatic carbocycles. The molecule has 14 heavy (non-hydrogen) atoms. The predicted molar refractivity (Wildman–Crippen MR) is 55.8 cm³/mol. The Morgan fingerprint density at radius 2 is 2.00 bits per heavy atom. The maximum absolute atomic E-state index is 11.2. The highest BCUT2D eigenvalue weighted by atomic mass is 16.3. The first kappa shape index (κ1) is 10.5. The smallest absolute Gasteiger partial charge is 0.250 e. The Kier molecular flexibility index (Phi) is 3.42. The lowest BCUT2D eigenvalue weighted by Gasteiger charge is -2.04. The summed E-state index contributed by atoms with van der Waals surface area (Å²) in [6.45, 7) is 5.19. The number of benzene rings is 1. The van der Waals surface area contributed by atoms with Gasteiger partial charge in [0.2, 0.25) is 0 Å². The van der Waals surface area contributed by atoms with E-state index in [4.69, 9.17) is 5.11 Å². The van der Waals surface area contributed by atoms with Crippen LogP contribution in [-0.2, 0) is 11.4 Å². The summed E-state index contributed by atoms with van der Waals surface area (Å²) in [5, 5.41) is 11.5. The quantitative estimate of drug-likeness (QED) is 0.714. The minimum atomic E-state index is -0.193. The average Bonchev–Trinajstić information content (AvgIpc) is 2.19. The van der Waals surface area contributed by atoms with Crippen LogP contribution in [0.25, 0.3) is 0 Å². The molecule has 1 aromatic rings. The van der Waals surface area contributed by atoms with E-state index in [-0.39, 0.29) is 12.5 Å². The standard InChI is InChI=1S/C11H13NO2/c1-8(2)11(14)12-10-5-3-9(7-13)4-6-10/h3-6,13H,1,7H2,2H3,(H,12,14). The van der Waals surface area contributed by atoms with Crippen molar-refractivity contribution in [3.8, 4) is 0 Å². The number of nitrogens with one attached hydrogen (secondary N) is 1. The SMILES string of the molecule is C=C(C)C(=O)Nc1ccc(CO)cc1. The van der Waals surface area contributed by atoms with E-state index >= 15 is 0 Å². The molecule has 0 saturated heterocycles. The summed E-state index contributed by atoms with van der Waals surface area (Å²) in [5.41, 5.74) is 1.99. The third-order valence-corrected chi connectivity index (χ3v) is 1.78. The highest BCUT2D eigenvalue weighted by Crippen LogP contribution is 2.10. The Labute approximate surface area is 83.1 Å². The van der Waals surface area contributed by atoms with Crippen molar-refractivity contribution in [2.24, 2.45) is 0 Å². The van der Waals surface area contributed by atoms with E-state index < -0.39 is 0 Å². The fourth-order valence-electron chi connectivity index (χ4n) is 0.931. The van der Waals surface area contributed by atoms with Crippen molar-refractivity contribution in [1.82, 2.24) is 0 Å². The fourth-order valence-corrected chi connectivity index (χ4v) is 0.931. The van der Waals surface area contributed by atoms with Gasteiger partial charge in [-0.1, -0.05) is 18.7 Å². The molecule has 0 spiro atoms. The summed E-state index contributed by atoms with van der Waals surface area (Å²) >= 11 is 0. The van der Waals surface area contributed by atoms with Crippen LogP contribution in [0.3, 0.4) is 0 Å². The van der Waals surface area contributed by atoms with E-state index in [0.717, 1.165) is 5.56 Å². The second-order valence-corrected chi connectivity index (χ2v) is 3.09. The number of hydrogen-bond donors (Lipinski definition) is 2. The van der Waals surface area contributed by atoms with Crippen molar-refractivity contribution in [1.29, 1.82) is 0 Å². The second-order valence-electron chi connectivity index (χ2n) is 3.09. The predicted octanol–water partition coefficient (Wildman–Crippen LogP) is 1.69. The largest absolute Gasteiger partial charge is 0.392 e. The average molecular weight is 191 g/mol. The molecule has 3 heteroatoms. The zero-order valence-corrected chi connectivity index (χ0v) is 8.08. The summed E-state index contributed by atoms with van der Waals surface area (Å²) in [5.74, 6) is -0.193. The van der Waals surface area contributed by atoms with Crippen LogP contribution >= 0.6 is 0 Å². The topological polar surface area (TPSA) is 49.3 Å². The van der Waals surface area contributed by atoms with Crippen LogP contribution in [0, 0.1) is 0 Å². The first-order chi connectivity index (χ1) is 6.63. The first-order valence-corrected chi connectivity index (χ1v) is 4.30. The molecule has 3 nitrogen and oxygen atoms in total. The van der Waals surface area contributed by atoms with E-state index in [1.807, 2.05) is 0 Å². The van der Waals surface area contributed by atoms with E-state index in [0.29, 0.717) is 11.3 Å². The summed E-state index contributed by atoms with van der Waals surface area (Å²) in [6.07, 6.45) is 0. The van der Waals surface area contributed by atoms with Crippen LogP contribution < -0.4 is 5.32 Å². The summed E-state index contributed by atoms with van der Waals surface area (Å²) in [4.78, 5) is 11.2. The van der Waals surface area contributed by atoms with Crippen molar-refractivity contribution >= 4 is 11.6 Å². The number of hydrogen-bond acceptors (Lipinski definition) is 2. The molecule has 1 rings (SSSR count). The minimum Gasteiger partial charge on any atom is -0.392 e. The summed E-state index contributed by atoms with van der Waals surface area (Å²) < 4.78 is 0. The highest BCUT2D eigenvalue weighted by molar-refractivity contribution is 6.02. The number of rotatable bonds is 3. The maximum Gasteiger partial charge on any atom is 0.250 e. The number of amides is 1. The number of carbonyl (C=O) groups is 1. The van der Waals surface area contributed by atoms with Crippen molar-refractivity contribution in [3.63, 3.8) is 0 Å². The molecular formula is C11H13NO2. The molecule has 1 aromatic carbocycles. The lowest BCUT2D eigenvalue weighted by atomic mass is 10.2. The molecule has 0 atom stereocenters. The van der Waals surface area contributed by atoms with Crippen molar-refractivity contribution in [2.45, 2.75) is 13.5 Å². The van der Waals surface area contributed by atoms with Gasteiger partial charge in [0.1, 0.15) is 0 Å². The highest BCUT2D eigenvalue weighted by Gasteiger charge is 2.01. The molecule has 0 saturated carbocycles. The molecule has 2 N–H and O–H groups in total. The Morgan fingerprint density at radius 3 is 2.43 bits per heavy atom. The Bertz CT molecular complexity index is 341. The normalized spacial score (nSPS) is 9.57. The van der Waals surface area contributed by atoms with Gasteiger partial charge in [0.25, 0.3) is 5.91 Å². The van der Waals surface area contributed by atoms with Gasteiger partial charge < -0.3 is 10.4 Å². The third-order valence-electron chi connectivity index (χ3n) is 1.78. The number of carbonyl (C=O) groups excluding carboxylic acids is 1. The number of aliphatic hydroxyl groups excluding tert-OH is 1. The molecule has 0 bridgehead atoms. The third kappa shape index (κ3) is 2.71. The van der Waals surface area contributed by atoms with Gasteiger partial charge in [-0.2, -0.15) is 0 Å². The molecule has 0 aliphatic rings. The molecule has 0 unspecified atom stereocenters. The van der Waals surface area contributed by atoms with Gasteiger partial charge in [-0.05, 0) is 24.6 Å². The van der Waals surface area contributed by atoms with Gasteiger partial charge in [0.15, 0.2) is 0 Å². The van der Waals surface area contributed by atoms with Gasteiger partial charge in [0, 0.05) is 11.3 Å². The van der Waals surface area contributed by atoms with Crippen molar-refractivity contribution < 1.29 is 9.90 Å². The minimum absolute atomic E-state index is 0.00864. The van der Waals surface area contributed by atoms with E-state index in [9.17, 15) is 4.79 Å². The lowest BCUT2D eigenvalue weighted by molar-refractivity contribution is -0.112. The van der Waals surface area contributed by atoms with Crippen LogP contribution in [0.1, 0.15) is 12.5 Å². The van der Waals surface area contributed by atoms with Gasteiger partial charge in [-0.25, -0.2) is 0 Å². The zero-order chi connectivity index (χ0) is 10.6. The molecule has 1 amide bonds. The van der Waals surface area contributed by atoms with Gasteiger partial charge in [-0.3, -0.25) is 4.79 Å². The van der Waals surface area contributed by atoms with Crippen molar-refractivity contribution in [2.75, 3.05) is 5.32 Å². The number of aliphatic hydroxyl groups is 1. The van der Waals surface area contributed by atoms with E-state index in [1.54, 1.807) is 31.2 Å². The lowest BCUT2D eigenvalue weighted by Crippen LogP contribution is -2.11. The zero-order valence-electron chi connectivity index (χ0n) is 8.08. The Balaban J connectivity index is 2.69. The van der Waals surface area contributed by atoms with Crippen LogP contribution in [-0.4, -0.2) is 11.0 Å². The summed E-state index contributed by atoms with van der Waals surface area (Å²) in [7, 11) is 0. The Hall–Kier alpha value is -1.61. The Morgan fingerprint density at radius 1 is 1.43 bits per heavy atom. The van der Waals surface area contributed by atoms with Gasteiger partial charge in [-0.15, -0.1) is 0 Å². The number of anilines is 1. The molecule has 0 fully saturated rings. The molecule has 0 heterocycles. The molecular weight excluding hydrogens is 178 g/mol. The van der Waals surface area contributed by atoms with E-state index in [2.05, 4.69) is 11.9 Å². The molecule has 0 aliphatic heterocycles. The van der Waals surface area contributed by atoms with Gasteiger partial charge >= 0.3 is 0 Å². The van der Waals surface area contributed by atoms with Crippen molar-refractivity contribution in [3.05, 3.63) is 42.0 Å². The van der Waals surface area contributed by atoms with Crippen LogP contribution in [0.2, 0.25) is 0 Å². The van der Waals surface area contributed by atoms with Crippen LogP contribution in [0.5, 0.6) is 0 Å². The van der Waals surface area contributed by atoms with E-state index in [1.165, 1.54) is 0 Å². The molecule has 0 radical (unpaired) electrons. The summed E-state index contributed by atoms with van der Waals surface area (Å²) in [6, 6.07) is 7.00. The molecule has 0 aromatic heterocycles. The van der Waals surface area contributed by atoms with Crippen LogP contribution in [0.15, 0.2) is 36.4 Å². The fraction of sp³-hybridized carbons (Fsp3) is 0.182. The second kappa shape index (κ2) is 4.58.